The van der Waals surface area contributed by atoms with Gasteiger partial charge in [0.05, 0.1) is 17.8 Å². The highest BCUT2D eigenvalue weighted by Gasteiger charge is 2.24. The molecule has 0 unspecified atom stereocenters. The molecule has 1 aromatic rings. The third-order valence-corrected chi connectivity index (χ3v) is 4.26. The number of nitrogens with zero attached hydrogens (tertiary/aromatic N) is 3. The molecule has 1 rings (SSSR count). The van der Waals surface area contributed by atoms with Crippen molar-refractivity contribution in [3.63, 3.8) is 0 Å². The SMILES string of the molecule is CCNC(=NCc1csc(N(C)C)n1)NCC(C)(C)NC(=O)OC(C)(C)C.I. The quantitative estimate of drug-likeness (QED) is 0.287. The third kappa shape index (κ3) is 10.9. The van der Waals surface area contributed by atoms with Crippen molar-refractivity contribution in [2.24, 2.45) is 4.99 Å². The number of aliphatic imine (C=N–C) groups is 1. The van der Waals surface area contributed by atoms with E-state index in [9.17, 15) is 4.79 Å². The summed E-state index contributed by atoms with van der Waals surface area (Å²) in [5, 5.41) is 12.3. The summed E-state index contributed by atoms with van der Waals surface area (Å²) >= 11 is 1.59. The summed E-state index contributed by atoms with van der Waals surface area (Å²) in [4.78, 5) is 23.1. The van der Waals surface area contributed by atoms with Crippen LogP contribution in [0, 0.1) is 0 Å². The van der Waals surface area contributed by atoms with Crippen LogP contribution in [0.1, 0.15) is 47.2 Å². The van der Waals surface area contributed by atoms with Crippen molar-refractivity contribution in [3.05, 3.63) is 11.1 Å². The van der Waals surface area contributed by atoms with Crippen LogP contribution in [0.5, 0.6) is 0 Å². The molecule has 0 saturated heterocycles. The van der Waals surface area contributed by atoms with Crippen molar-refractivity contribution in [2.75, 3.05) is 32.1 Å². The number of carbonyl (C=O) groups excluding carboxylic acids is 1. The van der Waals surface area contributed by atoms with Gasteiger partial charge in [-0.3, -0.25) is 0 Å². The number of carbonyl (C=O) groups is 1. The fraction of sp³-hybridized carbons (Fsp3) is 0.722. The number of halogens is 1. The second kappa shape index (κ2) is 11.6. The average Bonchev–Trinajstić information content (AvgIpc) is 2.96. The molecule has 0 bridgehead atoms. The van der Waals surface area contributed by atoms with Crippen molar-refractivity contribution in [1.82, 2.24) is 20.9 Å². The lowest BCUT2D eigenvalue weighted by Crippen LogP contribution is -2.54. The summed E-state index contributed by atoms with van der Waals surface area (Å²) in [6.07, 6.45) is -0.435. The number of thiazole rings is 1. The van der Waals surface area contributed by atoms with E-state index in [-0.39, 0.29) is 24.0 Å². The molecule has 0 saturated carbocycles. The lowest BCUT2D eigenvalue weighted by atomic mass is 10.1. The molecule has 28 heavy (non-hydrogen) atoms. The van der Waals surface area contributed by atoms with E-state index >= 15 is 0 Å². The normalized spacial score (nSPS) is 12.1. The van der Waals surface area contributed by atoms with Crippen molar-refractivity contribution in [2.45, 2.75) is 59.2 Å². The largest absolute Gasteiger partial charge is 0.444 e. The van der Waals surface area contributed by atoms with Crippen LogP contribution in [0.2, 0.25) is 0 Å². The van der Waals surface area contributed by atoms with Crippen molar-refractivity contribution in [1.29, 1.82) is 0 Å². The molecule has 0 atom stereocenters. The van der Waals surface area contributed by atoms with E-state index < -0.39 is 17.2 Å². The topological polar surface area (TPSA) is 90.9 Å². The first-order valence-electron chi connectivity index (χ1n) is 9.07. The van der Waals surface area contributed by atoms with E-state index in [1.165, 1.54) is 0 Å². The van der Waals surface area contributed by atoms with Gasteiger partial charge in [0.15, 0.2) is 11.1 Å². The van der Waals surface area contributed by atoms with Crippen LogP contribution >= 0.6 is 35.3 Å². The lowest BCUT2D eigenvalue weighted by Gasteiger charge is -2.29. The molecular formula is C18H35IN6O2S. The predicted molar refractivity (Wildman–Crippen MR) is 128 cm³/mol. The Morgan fingerprint density at radius 2 is 1.89 bits per heavy atom. The summed E-state index contributed by atoms with van der Waals surface area (Å²) < 4.78 is 5.32. The smallest absolute Gasteiger partial charge is 0.408 e. The second-order valence-electron chi connectivity index (χ2n) is 8.08. The molecule has 0 aromatic carbocycles. The van der Waals surface area contributed by atoms with E-state index in [2.05, 4.69) is 25.9 Å². The molecule has 162 valence electrons. The van der Waals surface area contributed by atoms with Gasteiger partial charge in [-0.1, -0.05) is 0 Å². The summed E-state index contributed by atoms with van der Waals surface area (Å²) in [6.45, 7) is 13.1. The number of nitrogens with one attached hydrogen (secondary N) is 3. The predicted octanol–water partition coefficient (Wildman–Crippen LogP) is 3.19. The van der Waals surface area contributed by atoms with Crippen molar-refractivity contribution < 1.29 is 9.53 Å². The number of aromatic nitrogens is 1. The summed E-state index contributed by atoms with van der Waals surface area (Å²) in [5.41, 5.74) is -0.104. The highest BCUT2D eigenvalue weighted by Crippen LogP contribution is 2.18. The Morgan fingerprint density at radius 1 is 1.25 bits per heavy atom. The maximum Gasteiger partial charge on any atom is 0.408 e. The van der Waals surface area contributed by atoms with Gasteiger partial charge in [-0.15, -0.1) is 35.3 Å². The van der Waals surface area contributed by atoms with Crippen LogP contribution in [0.25, 0.3) is 0 Å². The Bertz CT molecular complexity index is 640. The number of hydrogen-bond acceptors (Lipinski definition) is 6. The monoisotopic (exact) mass is 526 g/mol. The van der Waals surface area contributed by atoms with E-state index in [1.54, 1.807) is 11.3 Å². The maximum absolute atomic E-state index is 12.0. The number of amides is 1. The van der Waals surface area contributed by atoms with Crippen LogP contribution in [0.15, 0.2) is 10.4 Å². The molecule has 0 aliphatic heterocycles. The number of alkyl carbamates (subject to hydrolysis) is 1. The number of ether oxygens (including phenoxy) is 1. The average molecular weight is 526 g/mol. The maximum atomic E-state index is 12.0. The minimum absolute atomic E-state index is 0. The first-order chi connectivity index (χ1) is 12.4. The minimum atomic E-state index is -0.525. The van der Waals surface area contributed by atoms with Crippen LogP contribution in [-0.4, -0.2) is 55.4 Å². The number of guanidine groups is 1. The van der Waals surface area contributed by atoms with Gasteiger partial charge in [0.25, 0.3) is 0 Å². The van der Waals surface area contributed by atoms with Crippen molar-refractivity contribution >= 4 is 52.5 Å². The highest BCUT2D eigenvalue weighted by atomic mass is 127. The first kappa shape index (κ1) is 26.7. The number of anilines is 1. The molecule has 0 fully saturated rings. The Morgan fingerprint density at radius 3 is 2.39 bits per heavy atom. The lowest BCUT2D eigenvalue weighted by molar-refractivity contribution is 0.0474. The van der Waals surface area contributed by atoms with Gasteiger partial charge in [0, 0.05) is 32.6 Å². The Balaban J connectivity index is 0.00000729. The third-order valence-electron chi connectivity index (χ3n) is 3.20. The van der Waals surface area contributed by atoms with Crippen molar-refractivity contribution in [3.8, 4) is 0 Å². The molecule has 1 aromatic heterocycles. The fourth-order valence-corrected chi connectivity index (χ4v) is 2.75. The molecule has 0 aliphatic carbocycles. The summed E-state index contributed by atoms with van der Waals surface area (Å²) in [6, 6.07) is 0. The molecule has 0 spiro atoms. The van der Waals surface area contributed by atoms with Gasteiger partial charge in [0.2, 0.25) is 0 Å². The molecular weight excluding hydrogens is 491 g/mol. The van der Waals surface area contributed by atoms with Crippen LogP contribution in [0.4, 0.5) is 9.93 Å². The zero-order valence-electron chi connectivity index (χ0n) is 18.2. The summed E-state index contributed by atoms with van der Waals surface area (Å²) in [5.74, 6) is 0.677. The van der Waals surface area contributed by atoms with E-state index in [0.29, 0.717) is 19.0 Å². The fourth-order valence-electron chi connectivity index (χ4n) is 2.00. The van der Waals surface area contributed by atoms with E-state index in [1.807, 2.05) is 65.9 Å². The zero-order valence-corrected chi connectivity index (χ0v) is 21.3. The molecule has 8 nitrogen and oxygen atoms in total. The minimum Gasteiger partial charge on any atom is -0.444 e. The van der Waals surface area contributed by atoms with Gasteiger partial charge < -0.3 is 25.6 Å². The molecule has 0 aliphatic rings. The molecule has 1 amide bonds. The van der Waals surface area contributed by atoms with Crippen LogP contribution < -0.4 is 20.9 Å². The van der Waals surface area contributed by atoms with Crippen LogP contribution in [-0.2, 0) is 11.3 Å². The number of hydrogen-bond donors (Lipinski definition) is 3. The molecule has 3 N–H and O–H groups in total. The second-order valence-corrected chi connectivity index (χ2v) is 8.91. The Labute approximate surface area is 189 Å². The Kier molecular flexibility index (Phi) is 11.1. The van der Waals surface area contributed by atoms with E-state index in [0.717, 1.165) is 17.4 Å². The van der Waals surface area contributed by atoms with Gasteiger partial charge in [0.1, 0.15) is 5.60 Å². The molecule has 0 radical (unpaired) electrons. The molecule has 10 heteroatoms. The standard InChI is InChI=1S/C18H34N6O2S.HI/c1-9-19-14(20-10-13-11-27-15(22-13)24(7)8)21-12-18(5,6)23-16(25)26-17(2,3)4;/h11H,9-10,12H2,1-8H3,(H,23,25)(H2,19,20,21);1H. The molecule has 1 heterocycles. The Hall–Kier alpha value is -1.30. The highest BCUT2D eigenvalue weighted by molar-refractivity contribution is 14.0. The number of rotatable bonds is 7. The van der Waals surface area contributed by atoms with Gasteiger partial charge in [-0.05, 0) is 41.5 Å². The first-order valence-corrected chi connectivity index (χ1v) is 9.95. The van der Waals surface area contributed by atoms with Crippen LogP contribution in [0.3, 0.4) is 0 Å². The summed E-state index contributed by atoms with van der Waals surface area (Å²) in [7, 11) is 3.94. The van der Waals surface area contributed by atoms with Gasteiger partial charge in [-0.2, -0.15) is 0 Å². The zero-order chi connectivity index (χ0) is 20.7. The van der Waals surface area contributed by atoms with Gasteiger partial charge in [-0.25, -0.2) is 14.8 Å². The van der Waals surface area contributed by atoms with E-state index in [4.69, 9.17) is 4.74 Å². The van der Waals surface area contributed by atoms with Gasteiger partial charge >= 0.3 is 6.09 Å².